The molecular weight excluding hydrogens is 775 g/mol. The Morgan fingerprint density at radius 1 is 0.966 bits per heavy atom. The van der Waals surface area contributed by atoms with E-state index in [-0.39, 0.29) is 38.1 Å². The van der Waals surface area contributed by atoms with Crippen LogP contribution in [0.5, 0.6) is 5.88 Å². The first-order chi connectivity index (χ1) is 27.5. The summed E-state index contributed by atoms with van der Waals surface area (Å²) in [6.07, 6.45) is -2.13. The van der Waals surface area contributed by atoms with Crippen LogP contribution >= 0.6 is 0 Å². The van der Waals surface area contributed by atoms with Gasteiger partial charge in [0.1, 0.15) is 41.8 Å². The van der Waals surface area contributed by atoms with Gasteiger partial charge < -0.3 is 29.7 Å². The summed E-state index contributed by atoms with van der Waals surface area (Å²) >= 11 is 0. The average Bonchev–Trinajstić information content (AvgIpc) is 4.10. The zero-order valence-corrected chi connectivity index (χ0v) is 33.6. The summed E-state index contributed by atoms with van der Waals surface area (Å²) in [5.74, 6) is -4.73. The molecule has 2 aromatic carbocycles. The number of hydrogen-bond acceptors (Lipinski definition) is 10. The van der Waals surface area contributed by atoms with Crippen molar-refractivity contribution in [2.75, 3.05) is 6.54 Å². The van der Waals surface area contributed by atoms with Gasteiger partial charge in [0, 0.05) is 24.8 Å². The predicted molar refractivity (Wildman–Crippen MR) is 208 cm³/mol. The number of aromatic nitrogens is 2. The molecule has 7 atom stereocenters. The molecule has 3 amide bonds. The SMILES string of the molecule is CC(C)(C)OC(=O)NC1CCCCCC(F)(F)CC2CC2(C2OC2NS(=O)(=O)C2CC2)NC(=O)C2CC(Oc3nc4ccccc4nc3-c3ccccc3)CN2C1=O. The fourth-order valence-corrected chi connectivity index (χ4v) is 9.83. The van der Waals surface area contributed by atoms with Crippen molar-refractivity contribution in [3.8, 4) is 17.1 Å². The zero-order valence-electron chi connectivity index (χ0n) is 32.8. The molecule has 3 saturated heterocycles. The number of amides is 3. The van der Waals surface area contributed by atoms with Gasteiger partial charge in [0.2, 0.25) is 33.6 Å². The smallest absolute Gasteiger partial charge is 0.408 e. The molecule has 17 heteroatoms. The Labute approximate surface area is 336 Å². The number of alkyl carbamates (subject to hydrolysis) is 1. The maximum atomic E-state index is 15.5. The van der Waals surface area contributed by atoms with E-state index in [0.29, 0.717) is 42.4 Å². The number of ether oxygens (including phenoxy) is 3. The first-order valence-electron chi connectivity index (χ1n) is 20.2. The predicted octanol–water partition coefficient (Wildman–Crippen LogP) is 5.21. The Kier molecular flexibility index (Phi) is 10.6. The third-order valence-corrected chi connectivity index (χ3v) is 13.4. The number of nitrogens with one attached hydrogen (secondary N) is 3. The van der Waals surface area contributed by atoms with Crippen LogP contribution in [0.15, 0.2) is 54.6 Å². The Hall–Kier alpha value is -4.48. The number of para-hydroxylation sites is 2. The third-order valence-electron chi connectivity index (χ3n) is 11.5. The largest absolute Gasteiger partial charge is 0.471 e. The number of rotatable bonds is 8. The number of sulfonamides is 1. The van der Waals surface area contributed by atoms with Crippen molar-refractivity contribution >= 4 is 39.0 Å². The van der Waals surface area contributed by atoms with Gasteiger partial charge in [-0.15, -0.1) is 0 Å². The molecule has 8 rings (SSSR count). The average molecular weight is 825 g/mol. The number of hydrogen-bond donors (Lipinski definition) is 3. The van der Waals surface area contributed by atoms with Crippen LogP contribution in [-0.4, -0.2) is 101 Å². The number of fused-ring (bicyclic) bond motifs is 3. The Balaban J connectivity index is 1.12. The van der Waals surface area contributed by atoms with Crippen LogP contribution in [0.1, 0.15) is 85.0 Å². The minimum atomic E-state index is -3.68. The van der Waals surface area contributed by atoms with Crippen LogP contribution in [-0.2, 0) is 29.1 Å². The normalized spacial score (nSPS) is 30.3. The van der Waals surface area contributed by atoms with Crippen molar-refractivity contribution in [1.82, 2.24) is 30.2 Å². The number of epoxide rings is 1. The molecule has 0 bridgehead atoms. The highest BCUT2D eigenvalue weighted by atomic mass is 32.2. The van der Waals surface area contributed by atoms with Crippen LogP contribution in [0.4, 0.5) is 13.6 Å². The number of benzene rings is 2. The van der Waals surface area contributed by atoms with E-state index in [2.05, 4.69) is 15.4 Å². The van der Waals surface area contributed by atoms with Crippen molar-refractivity contribution in [3.63, 3.8) is 0 Å². The Bertz CT molecular complexity index is 2170. The van der Waals surface area contributed by atoms with E-state index in [0.717, 1.165) is 5.56 Å². The van der Waals surface area contributed by atoms with Crippen LogP contribution in [0.3, 0.4) is 0 Å². The van der Waals surface area contributed by atoms with Gasteiger partial charge in [-0.25, -0.2) is 32.0 Å². The molecule has 0 spiro atoms. The third kappa shape index (κ3) is 8.90. The molecule has 312 valence electrons. The molecule has 7 unspecified atom stereocenters. The van der Waals surface area contributed by atoms with Gasteiger partial charge in [0.15, 0.2) is 0 Å². The van der Waals surface area contributed by atoms with Gasteiger partial charge in [0.25, 0.3) is 0 Å². The van der Waals surface area contributed by atoms with E-state index in [1.165, 1.54) is 4.90 Å². The van der Waals surface area contributed by atoms with Gasteiger partial charge in [-0.05, 0) is 70.9 Å². The fourth-order valence-electron chi connectivity index (χ4n) is 8.38. The summed E-state index contributed by atoms with van der Waals surface area (Å²) in [6, 6.07) is 14.4. The fraction of sp³-hybridized carbons (Fsp3) is 0.585. The van der Waals surface area contributed by atoms with Crippen LogP contribution < -0.4 is 20.1 Å². The molecule has 3 N–H and O–H groups in total. The second-order valence-electron chi connectivity index (χ2n) is 17.3. The van der Waals surface area contributed by atoms with Gasteiger partial charge in [0.05, 0.1) is 28.4 Å². The number of nitrogens with zero attached hydrogens (tertiary/aromatic N) is 3. The Morgan fingerprint density at radius 2 is 1.67 bits per heavy atom. The topological polar surface area (TPSA) is 181 Å². The highest BCUT2D eigenvalue weighted by molar-refractivity contribution is 7.90. The molecule has 5 fully saturated rings. The highest BCUT2D eigenvalue weighted by Crippen LogP contribution is 2.57. The second-order valence-corrected chi connectivity index (χ2v) is 19.3. The van der Waals surface area contributed by atoms with Crippen LogP contribution in [0, 0.1) is 5.92 Å². The highest BCUT2D eigenvalue weighted by Gasteiger charge is 2.71. The van der Waals surface area contributed by atoms with E-state index in [1.807, 2.05) is 48.5 Å². The lowest BCUT2D eigenvalue weighted by atomic mass is 9.99. The van der Waals surface area contributed by atoms with Gasteiger partial charge in [-0.2, -0.15) is 4.72 Å². The first kappa shape index (κ1) is 40.3. The maximum absolute atomic E-state index is 15.5. The van der Waals surface area contributed by atoms with Crippen molar-refractivity contribution in [3.05, 3.63) is 54.6 Å². The molecule has 4 heterocycles. The lowest BCUT2D eigenvalue weighted by Gasteiger charge is -2.30. The number of alkyl halides is 2. The van der Waals surface area contributed by atoms with Crippen molar-refractivity contribution in [2.24, 2.45) is 5.92 Å². The van der Waals surface area contributed by atoms with E-state index < -0.39 is 99.5 Å². The van der Waals surface area contributed by atoms with E-state index in [9.17, 15) is 22.8 Å². The van der Waals surface area contributed by atoms with Crippen molar-refractivity contribution in [1.29, 1.82) is 0 Å². The molecule has 2 aliphatic carbocycles. The molecule has 3 aliphatic heterocycles. The lowest BCUT2D eigenvalue weighted by Crippen LogP contribution is -2.56. The number of carbonyl (C=O) groups excluding carboxylic acids is 3. The molecule has 5 aliphatic rings. The molecule has 58 heavy (non-hydrogen) atoms. The standard InChI is InChI=1S/C41H50F2N6O8S/c1-39(2,3)57-38(52)46-30-16-8-5-11-19-40(42,43)21-25-22-41(25,33-36(56-33)48-58(53,54)27-17-18-27)47-34(50)31-20-26(23-49(31)37(30)51)55-35-32(24-12-6-4-7-13-24)44-28-14-9-10-15-29(28)45-35/h4,6-7,9-10,12-15,25-27,30-31,33,36,48H,5,8,11,16-23H2,1-3H3,(H,46,52)(H,47,50). The summed E-state index contributed by atoms with van der Waals surface area (Å²) in [4.78, 5) is 53.4. The van der Waals surface area contributed by atoms with E-state index in [4.69, 9.17) is 24.2 Å². The summed E-state index contributed by atoms with van der Waals surface area (Å²) < 4.78 is 77.1. The molecule has 1 aromatic heterocycles. The van der Waals surface area contributed by atoms with Gasteiger partial charge in [-0.1, -0.05) is 55.3 Å². The Morgan fingerprint density at radius 3 is 2.38 bits per heavy atom. The monoisotopic (exact) mass is 824 g/mol. The van der Waals surface area contributed by atoms with Crippen molar-refractivity contribution < 1.29 is 45.8 Å². The molecule has 2 saturated carbocycles. The molecule has 3 aromatic rings. The molecular formula is C41H50F2N6O8S. The van der Waals surface area contributed by atoms with Crippen molar-refractivity contribution in [2.45, 2.75) is 138 Å². The minimum Gasteiger partial charge on any atom is -0.471 e. The molecule has 0 radical (unpaired) electrons. The zero-order chi connectivity index (χ0) is 41.0. The van der Waals surface area contributed by atoms with Crippen LogP contribution in [0.2, 0.25) is 0 Å². The summed E-state index contributed by atoms with van der Waals surface area (Å²) in [5.41, 5.74) is 0.284. The van der Waals surface area contributed by atoms with Gasteiger partial charge in [-0.3, -0.25) is 9.59 Å². The van der Waals surface area contributed by atoms with Gasteiger partial charge >= 0.3 is 6.09 Å². The first-order valence-corrected chi connectivity index (χ1v) is 21.7. The summed E-state index contributed by atoms with van der Waals surface area (Å²) in [7, 11) is -3.68. The number of halogens is 2. The molecule has 14 nitrogen and oxygen atoms in total. The van der Waals surface area contributed by atoms with E-state index >= 15 is 8.78 Å². The summed E-state index contributed by atoms with van der Waals surface area (Å²) in [6.45, 7) is 5.02. The van der Waals surface area contributed by atoms with E-state index in [1.54, 1.807) is 26.8 Å². The lowest BCUT2D eigenvalue weighted by molar-refractivity contribution is -0.140. The van der Waals surface area contributed by atoms with Crippen LogP contribution in [0.25, 0.3) is 22.3 Å². The summed E-state index contributed by atoms with van der Waals surface area (Å²) in [5, 5.41) is 5.17. The number of carbonyl (C=O) groups is 3. The second kappa shape index (κ2) is 15.3. The quantitative estimate of drug-likeness (QED) is 0.255. The maximum Gasteiger partial charge on any atom is 0.408 e. The minimum absolute atomic E-state index is 0.000362.